The number of anilines is 1. The quantitative estimate of drug-likeness (QED) is 0.676. The second-order valence-corrected chi connectivity index (χ2v) is 6.48. The fourth-order valence-electron chi connectivity index (χ4n) is 3.00. The summed E-state index contributed by atoms with van der Waals surface area (Å²) in [7, 11) is 4.20. The van der Waals surface area contributed by atoms with Crippen molar-refractivity contribution < 1.29 is 0 Å². The summed E-state index contributed by atoms with van der Waals surface area (Å²) in [6, 6.07) is 2.24. The first-order valence-corrected chi connectivity index (χ1v) is 8.42. The van der Waals surface area contributed by atoms with E-state index in [1.54, 1.807) is 0 Å². The zero-order valence-corrected chi connectivity index (χ0v) is 13.7. The van der Waals surface area contributed by atoms with Gasteiger partial charge in [-0.25, -0.2) is 4.98 Å². The SMILES string of the molecule is CN(C)c1cc2nc(Cl)c1CCCCCCCCCC2. The van der Waals surface area contributed by atoms with E-state index in [1.165, 1.54) is 62.6 Å². The van der Waals surface area contributed by atoms with Gasteiger partial charge in [-0.3, -0.25) is 0 Å². The minimum atomic E-state index is 0.725. The maximum Gasteiger partial charge on any atom is 0.134 e. The molecule has 0 N–H and O–H groups in total. The van der Waals surface area contributed by atoms with E-state index in [9.17, 15) is 0 Å². The Morgan fingerprint density at radius 3 is 2.05 bits per heavy atom. The highest BCUT2D eigenvalue weighted by Gasteiger charge is 2.13. The average Bonchev–Trinajstić information content (AvgIpc) is 2.41. The number of fused-ring (bicyclic) bond motifs is 11. The number of rotatable bonds is 1. The van der Waals surface area contributed by atoms with Gasteiger partial charge in [0.05, 0.1) is 0 Å². The van der Waals surface area contributed by atoms with Crippen molar-refractivity contribution in [2.24, 2.45) is 0 Å². The van der Waals surface area contributed by atoms with Gasteiger partial charge in [0, 0.05) is 31.0 Å². The lowest BCUT2D eigenvalue weighted by Crippen LogP contribution is -2.13. The van der Waals surface area contributed by atoms with Crippen molar-refractivity contribution in [3.63, 3.8) is 0 Å². The molecule has 112 valence electrons. The van der Waals surface area contributed by atoms with Gasteiger partial charge in [-0.05, 0) is 31.7 Å². The topological polar surface area (TPSA) is 16.1 Å². The van der Waals surface area contributed by atoms with Gasteiger partial charge in [-0.2, -0.15) is 0 Å². The van der Waals surface area contributed by atoms with E-state index in [4.69, 9.17) is 11.6 Å². The van der Waals surface area contributed by atoms with Crippen LogP contribution >= 0.6 is 11.6 Å². The Labute approximate surface area is 128 Å². The third kappa shape index (κ3) is 4.37. The Morgan fingerprint density at radius 1 is 0.900 bits per heavy atom. The lowest BCUT2D eigenvalue weighted by atomic mass is 10.0. The molecule has 0 radical (unpaired) electrons. The number of aromatic nitrogens is 1. The largest absolute Gasteiger partial charge is 0.377 e. The highest BCUT2D eigenvalue weighted by molar-refractivity contribution is 6.30. The molecule has 0 amide bonds. The number of hydrogen-bond acceptors (Lipinski definition) is 2. The third-order valence-electron chi connectivity index (χ3n) is 4.19. The van der Waals surface area contributed by atoms with Crippen LogP contribution in [0, 0.1) is 0 Å². The molecule has 1 aromatic heterocycles. The summed E-state index contributed by atoms with van der Waals surface area (Å²) in [5.74, 6) is 0. The number of aryl methyl sites for hydroxylation is 1. The molecule has 0 atom stereocenters. The molecule has 1 aromatic rings. The predicted molar refractivity (Wildman–Crippen MR) is 87.9 cm³/mol. The van der Waals surface area contributed by atoms with E-state index in [-0.39, 0.29) is 0 Å². The molecule has 0 saturated heterocycles. The summed E-state index contributed by atoms with van der Waals surface area (Å²) in [5, 5.41) is 0.725. The zero-order valence-electron chi connectivity index (χ0n) is 12.9. The fraction of sp³-hybridized carbons (Fsp3) is 0.706. The van der Waals surface area contributed by atoms with Crippen molar-refractivity contribution in [3.8, 4) is 0 Å². The minimum Gasteiger partial charge on any atom is -0.377 e. The van der Waals surface area contributed by atoms with Crippen LogP contribution in [0.4, 0.5) is 5.69 Å². The van der Waals surface area contributed by atoms with Crippen LogP contribution in [0.25, 0.3) is 0 Å². The second kappa shape index (κ2) is 7.87. The molecular formula is C17H27ClN2. The fourth-order valence-corrected chi connectivity index (χ4v) is 3.30. The summed E-state index contributed by atoms with van der Waals surface area (Å²) in [5.41, 5.74) is 3.65. The molecule has 20 heavy (non-hydrogen) atoms. The van der Waals surface area contributed by atoms with E-state index in [0.717, 1.165) is 23.7 Å². The van der Waals surface area contributed by atoms with E-state index in [2.05, 4.69) is 30.0 Å². The summed E-state index contributed by atoms with van der Waals surface area (Å²) in [4.78, 5) is 6.80. The van der Waals surface area contributed by atoms with Crippen LogP contribution < -0.4 is 4.90 Å². The van der Waals surface area contributed by atoms with Crippen LogP contribution in [0.5, 0.6) is 0 Å². The first-order valence-electron chi connectivity index (χ1n) is 8.04. The van der Waals surface area contributed by atoms with Gasteiger partial charge >= 0.3 is 0 Å². The second-order valence-electron chi connectivity index (χ2n) is 6.12. The number of pyridine rings is 1. The number of nitrogens with zero attached hydrogens (tertiary/aromatic N) is 2. The Morgan fingerprint density at radius 2 is 1.45 bits per heavy atom. The van der Waals surface area contributed by atoms with Crippen molar-refractivity contribution in [1.82, 2.24) is 4.98 Å². The Balaban J connectivity index is 2.23. The first kappa shape index (κ1) is 15.6. The van der Waals surface area contributed by atoms with Gasteiger partial charge < -0.3 is 4.90 Å². The third-order valence-corrected chi connectivity index (χ3v) is 4.51. The zero-order chi connectivity index (χ0) is 14.4. The molecule has 3 rings (SSSR count). The molecule has 0 spiro atoms. The van der Waals surface area contributed by atoms with E-state index in [1.807, 2.05) is 0 Å². The monoisotopic (exact) mass is 294 g/mol. The van der Waals surface area contributed by atoms with Crippen molar-refractivity contribution in [3.05, 3.63) is 22.5 Å². The maximum atomic E-state index is 6.45. The molecule has 0 aromatic carbocycles. The standard InChI is InChI=1S/C17H27ClN2/c1-20(2)16-13-14-11-9-7-5-3-4-6-8-10-12-15(16)17(18)19-14/h13H,3-12H2,1-2H3. The van der Waals surface area contributed by atoms with Crippen molar-refractivity contribution in [2.45, 2.75) is 64.2 Å². The van der Waals surface area contributed by atoms with E-state index in [0.29, 0.717) is 0 Å². The highest BCUT2D eigenvalue weighted by atomic mass is 35.5. The molecule has 2 bridgehead atoms. The molecule has 2 heterocycles. The molecule has 0 saturated carbocycles. The van der Waals surface area contributed by atoms with E-state index >= 15 is 0 Å². The van der Waals surface area contributed by atoms with Crippen LogP contribution in [-0.2, 0) is 12.8 Å². The number of hydrogen-bond donors (Lipinski definition) is 0. The van der Waals surface area contributed by atoms with Crippen LogP contribution in [0.15, 0.2) is 6.07 Å². The summed E-state index contributed by atoms with van der Waals surface area (Å²) in [6.45, 7) is 0. The van der Waals surface area contributed by atoms with Gasteiger partial charge in [-0.1, -0.05) is 50.1 Å². The Hall–Kier alpha value is -0.760. The van der Waals surface area contributed by atoms with Crippen molar-refractivity contribution >= 4 is 17.3 Å². The van der Waals surface area contributed by atoms with Crippen molar-refractivity contribution in [2.75, 3.05) is 19.0 Å². The van der Waals surface area contributed by atoms with Gasteiger partial charge in [0.15, 0.2) is 0 Å². The van der Waals surface area contributed by atoms with Gasteiger partial charge in [0.25, 0.3) is 0 Å². The predicted octanol–water partition coefficient (Wildman–Crippen LogP) is 5.02. The normalized spacial score (nSPS) is 17.8. The van der Waals surface area contributed by atoms with Crippen LogP contribution in [0.3, 0.4) is 0 Å². The lowest BCUT2D eigenvalue weighted by Gasteiger charge is -2.20. The number of halogens is 1. The summed E-state index contributed by atoms with van der Waals surface area (Å²) >= 11 is 6.45. The molecule has 1 aliphatic carbocycles. The van der Waals surface area contributed by atoms with Crippen molar-refractivity contribution in [1.29, 1.82) is 0 Å². The maximum absolute atomic E-state index is 6.45. The Bertz CT molecular complexity index is 429. The highest BCUT2D eigenvalue weighted by Crippen LogP contribution is 2.29. The molecule has 0 unspecified atom stereocenters. The van der Waals surface area contributed by atoms with Crippen LogP contribution in [-0.4, -0.2) is 19.1 Å². The smallest absolute Gasteiger partial charge is 0.134 e. The Kier molecular flexibility index (Phi) is 6.15. The molecule has 3 heteroatoms. The van der Waals surface area contributed by atoms with Gasteiger partial charge in [0.2, 0.25) is 0 Å². The van der Waals surface area contributed by atoms with Crippen LogP contribution in [0.2, 0.25) is 5.15 Å². The van der Waals surface area contributed by atoms with Crippen LogP contribution in [0.1, 0.15) is 62.6 Å². The first-order chi connectivity index (χ1) is 9.68. The van der Waals surface area contributed by atoms with Gasteiger partial charge in [0.1, 0.15) is 5.15 Å². The molecular weight excluding hydrogens is 268 g/mol. The average molecular weight is 295 g/mol. The summed E-state index contributed by atoms with van der Waals surface area (Å²) in [6.07, 6.45) is 12.7. The van der Waals surface area contributed by atoms with E-state index < -0.39 is 0 Å². The minimum absolute atomic E-state index is 0.725. The lowest BCUT2D eigenvalue weighted by molar-refractivity contribution is 0.563. The van der Waals surface area contributed by atoms with Gasteiger partial charge in [-0.15, -0.1) is 0 Å². The summed E-state index contributed by atoms with van der Waals surface area (Å²) < 4.78 is 0. The molecule has 1 aliphatic heterocycles. The molecule has 2 aliphatic rings. The molecule has 2 nitrogen and oxygen atoms in total. The molecule has 0 fully saturated rings.